The number of Topliss-reactive ketones (excluding diaryl/α,β-unsaturated/α-hetero) is 1. The Labute approximate surface area is 155 Å². The molecule has 1 aromatic carbocycles. The molecule has 0 aliphatic heterocycles. The van der Waals surface area contributed by atoms with Crippen molar-refractivity contribution in [2.75, 3.05) is 18.1 Å². The molecule has 0 heterocycles. The number of carboxylic acids is 1. The van der Waals surface area contributed by atoms with Crippen molar-refractivity contribution < 1.29 is 32.6 Å². The quantitative estimate of drug-likeness (QED) is 0.528. The highest BCUT2D eigenvalue weighted by atomic mass is 32.2. The first kappa shape index (κ1) is 26.0. The van der Waals surface area contributed by atoms with Gasteiger partial charge in [-0.15, -0.1) is 0 Å². The van der Waals surface area contributed by atoms with Crippen molar-refractivity contribution in [1.29, 1.82) is 0 Å². The first-order valence-electron chi connectivity index (χ1n) is 7.89. The van der Waals surface area contributed by atoms with Crippen molar-refractivity contribution in [3.8, 4) is 0 Å². The molecule has 0 aliphatic carbocycles. The molecule has 0 fully saturated rings. The molecule has 0 amide bonds. The summed E-state index contributed by atoms with van der Waals surface area (Å²) in [6.07, 6.45) is 0.0925. The Morgan fingerprint density at radius 3 is 1.65 bits per heavy atom. The molecule has 0 unspecified atom stereocenters. The Balaban J connectivity index is 0. The van der Waals surface area contributed by atoms with Gasteiger partial charge >= 0.3 is 5.97 Å². The maximum Gasteiger partial charge on any atom is 0.302 e. The van der Waals surface area contributed by atoms with Gasteiger partial charge in [-0.3, -0.25) is 4.79 Å². The van der Waals surface area contributed by atoms with E-state index in [1.165, 1.54) is 31.9 Å². The van der Waals surface area contributed by atoms with Gasteiger partial charge in [-0.25, -0.2) is 8.42 Å². The van der Waals surface area contributed by atoms with E-state index >= 15 is 0 Å². The molecule has 0 spiro atoms. The fourth-order valence-corrected chi connectivity index (χ4v) is 2.44. The average molecular weight is 387 g/mol. The van der Waals surface area contributed by atoms with Gasteiger partial charge in [-0.2, -0.15) is 0 Å². The van der Waals surface area contributed by atoms with E-state index in [2.05, 4.69) is 42.8 Å². The number of ketones is 1. The largest absolute Gasteiger partial charge is 0.549 e. The van der Waals surface area contributed by atoms with Crippen molar-refractivity contribution >= 4 is 27.6 Å². The molecule has 8 heteroatoms. The molecule has 0 radical (unpaired) electrons. The predicted octanol–water partition coefficient (Wildman–Crippen LogP) is 1.00. The van der Waals surface area contributed by atoms with Crippen LogP contribution >= 0.6 is 0 Å². The summed E-state index contributed by atoms with van der Waals surface area (Å²) in [7, 11) is -3.63. The molecule has 1 aromatic rings. The van der Waals surface area contributed by atoms with Crippen molar-refractivity contribution in [3.63, 3.8) is 0 Å². The van der Waals surface area contributed by atoms with Crippen LogP contribution in [-0.2, 0) is 29.0 Å². The highest BCUT2D eigenvalue weighted by Gasteiger charge is 2.10. The molecule has 1 rings (SSSR count). The van der Waals surface area contributed by atoms with Crippen LogP contribution in [0.25, 0.3) is 0 Å². The molecular formula is C18H27O7S-. The van der Waals surface area contributed by atoms with Crippen LogP contribution < -0.4 is 5.11 Å². The number of carbonyl (C=O) groups is 3. The molecule has 0 aliphatic rings. The van der Waals surface area contributed by atoms with E-state index in [0.29, 0.717) is 0 Å². The minimum atomic E-state index is -3.63. The number of benzene rings is 1. The number of sulfone groups is 1. The van der Waals surface area contributed by atoms with Gasteiger partial charge in [-0.05, 0) is 34.1 Å². The van der Waals surface area contributed by atoms with Gasteiger partial charge in [-0.1, -0.05) is 35.4 Å². The van der Waals surface area contributed by atoms with Crippen LogP contribution in [0, 0.1) is 13.8 Å². The van der Waals surface area contributed by atoms with E-state index in [9.17, 15) is 27.9 Å². The first-order valence-corrected chi connectivity index (χ1v) is 9.72. The summed E-state index contributed by atoms with van der Waals surface area (Å²) in [5.74, 6) is -3.28. The summed E-state index contributed by atoms with van der Waals surface area (Å²) in [6.45, 7) is 8.43. The molecule has 0 aromatic heterocycles. The third-order valence-electron chi connectivity index (χ3n) is 2.46. The lowest BCUT2D eigenvalue weighted by Crippen LogP contribution is -2.32. The Morgan fingerprint density at radius 2 is 1.35 bits per heavy atom. The minimum Gasteiger partial charge on any atom is -0.549 e. The molecule has 0 saturated heterocycles. The summed E-state index contributed by atoms with van der Waals surface area (Å²) in [5.41, 5.74) is 2.66. The Kier molecular flexibility index (Phi) is 14.0. The number of aliphatic carboxylic acids is 1. The van der Waals surface area contributed by atoms with Crippen LogP contribution in [0.4, 0.5) is 0 Å². The molecule has 7 nitrogen and oxygen atoms in total. The number of hydrogen-bond acceptors (Lipinski definition) is 7. The van der Waals surface area contributed by atoms with Crippen molar-refractivity contribution in [2.45, 2.75) is 41.0 Å². The zero-order valence-electron chi connectivity index (χ0n) is 15.9. The molecule has 0 atom stereocenters. The highest BCUT2D eigenvalue weighted by molar-refractivity contribution is 7.92. The predicted molar refractivity (Wildman–Crippen MR) is 97.2 cm³/mol. The van der Waals surface area contributed by atoms with Gasteiger partial charge in [0.1, 0.15) is 5.78 Å². The first-order chi connectivity index (χ1) is 11.9. The zero-order valence-corrected chi connectivity index (χ0v) is 16.7. The fourth-order valence-electron chi connectivity index (χ4n) is 1.38. The van der Waals surface area contributed by atoms with Crippen molar-refractivity contribution in [3.05, 3.63) is 35.4 Å². The van der Waals surface area contributed by atoms with E-state index < -0.39 is 27.5 Å². The number of aryl methyl sites for hydroxylation is 2. The van der Waals surface area contributed by atoms with E-state index in [-0.39, 0.29) is 24.6 Å². The lowest BCUT2D eigenvalue weighted by atomic mass is 10.2. The summed E-state index contributed by atoms with van der Waals surface area (Å²) < 4.78 is 26.3. The molecule has 0 bridgehead atoms. The summed E-state index contributed by atoms with van der Waals surface area (Å²) in [5, 5.41) is 9.98. The molecule has 148 valence electrons. The van der Waals surface area contributed by atoms with E-state index in [1.807, 2.05) is 0 Å². The van der Waals surface area contributed by atoms with Gasteiger partial charge in [0.15, 0.2) is 9.84 Å². The van der Waals surface area contributed by atoms with E-state index in [4.69, 9.17) is 0 Å². The number of ether oxygens (including phenoxy) is 1. The average Bonchev–Trinajstić information content (AvgIpc) is 2.45. The van der Waals surface area contributed by atoms with Crippen molar-refractivity contribution in [1.82, 2.24) is 0 Å². The molecule has 0 saturated carbocycles. The molecule has 26 heavy (non-hydrogen) atoms. The number of hydrogen-bond donors (Lipinski definition) is 0. The van der Waals surface area contributed by atoms with Crippen molar-refractivity contribution in [2.24, 2.45) is 0 Å². The Hall–Kier alpha value is -2.22. The van der Waals surface area contributed by atoms with E-state index in [0.717, 1.165) is 0 Å². The Morgan fingerprint density at radius 1 is 0.962 bits per heavy atom. The third-order valence-corrected chi connectivity index (χ3v) is 4.05. The highest BCUT2D eigenvalue weighted by Crippen LogP contribution is 1.99. The van der Waals surface area contributed by atoms with Gasteiger partial charge in [0.25, 0.3) is 0 Å². The van der Waals surface area contributed by atoms with Gasteiger partial charge in [0.2, 0.25) is 0 Å². The molecule has 0 N–H and O–H groups in total. The van der Waals surface area contributed by atoms with Crippen LogP contribution in [0.15, 0.2) is 24.3 Å². The van der Waals surface area contributed by atoms with Gasteiger partial charge < -0.3 is 19.4 Å². The number of esters is 1. The molecular weight excluding hydrogens is 360 g/mol. The zero-order chi connectivity index (χ0) is 20.8. The van der Waals surface area contributed by atoms with Crippen LogP contribution in [0.2, 0.25) is 0 Å². The van der Waals surface area contributed by atoms with Crippen LogP contribution in [0.5, 0.6) is 0 Å². The monoisotopic (exact) mass is 387 g/mol. The fraction of sp³-hybridized carbons (Fsp3) is 0.500. The minimum absolute atomic E-state index is 0.0262. The van der Waals surface area contributed by atoms with Crippen LogP contribution in [0.1, 0.15) is 38.3 Å². The Bertz CT molecular complexity index is 636. The topological polar surface area (TPSA) is 118 Å². The normalized spacial score (nSPS) is 9.73. The maximum atomic E-state index is 10.9. The second kappa shape index (κ2) is 14.0. The lowest BCUT2D eigenvalue weighted by Gasteiger charge is -2.04. The summed E-state index contributed by atoms with van der Waals surface area (Å²) in [4.78, 5) is 29.7. The SMILES string of the molecule is CC(=O)OCCCS(=O)(=O)CC(=O)[O-].CC(C)=O.Cc1ccc(C)cc1. The van der Waals surface area contributed by atoms with Gasteiger partial charge in [0, 0.05) is 6.92 Å². The van der Waals surface area contributed by atoms with E-state index in [1.54, 1.807) is 0 Å². The number of carboxylic acid groups (broad SMARTS) is 1. The number of rotatable bonds is 6. The standard InChI is InChI=1S/C8H10.C7H12O6S.C3H6O/c1-7-3-5-8(2)6-4-7;1-6(8)13-3-2-4-14(11,12)5-7(9)10;1-3(2)4/h3-6H,1-2H3;2-5H2,1H3,(H,9,10);1-2H3/p-1. The van der Waals surface area contributed by atoms with Gasteiger partial charge in [0.05, 0.1) is 24.1 Å². The van der Waals surface area contributed by atoms with Crippen LogP contribution in [0.3, 0.4) is 0 Å². The van der Waals surface area contributed by atoms with Crippen LogP contribution in [-0.4, -0.2) is 44.3 Å². The second-order valence-corrected chi connectivity index (χ2v) is 7.90. The second-order valence-electron chi connectivity index (χ2n) is 5.72. The summed E-state index contributed by atoms with van der Waals surface area (Å²) in [6, 6.07) is 8.48. The summed E-state index contributed by atoms with van der Waals surface area (Å²) >= 11 is 0. The number of carbonyl (C=O) groups excluding carboxylic acids is 3. The lowest BCUT2D eigenvalue weighted by molar-refractivity contribution is -0.301. The maximum absolute atomic E-state index is 10.9. The third kappa shape index (κ3) is 21.8. The smallest absolute Gasteiger partial charge is 0.302 e.